The average molecular weight is 309 g/mol. The van der Waals surface area contributed by atoms with Gasteiger partial charge in [-0.3, -0.25) is 0 Å². The molecule has 0 spiro atoms. The van der Waals surface area contributed by atoms with Crippen LogP contribution >= 0.6 is 11.6 Å². The normalized spacial score (nSPS) is 25.6. The molecule has 1 aliphatic rings. The number of allylic oxidation sites excluding steroid dienone is 1. The standard InChI is InChI=1S/C18H26ClNO/c1-4-5-16-11-17(19)6-7-18(16)21-9-8-20-12-14(2)10-15(3)13-20/h4,6-7,11,14-15H,1,5,8-10,12-13H2,2-3H3/p+1/t14-,15-/m0/s1. The summed E-state index contributed by atoms with van der Waals surface area (Å²) in [7, 11) is 0. The lowest BCUT2D eigenvalue weighted by Gasteiger charge is -2.31. The van der Waals surface area contributed by atoms with Crippen molar-refractivity contribution in [1.29, 1.82) is 0 Å². The number of benzene rings is 1. The fourth-order valence-electron chi connectivity index (χ4n) is 3.44. The second-order valence-corrected chi connectivity index (χ2v) is 6.88. The lowest BCUT2D eigenvalue weighted by Crippen LogP contribution is -3.14. The van der Waals surface area contributed by atoms with Crippen molar-refractivity contribution in [1.82, 2.24) is 0 Å². The molecule has 1 aromatic carbocycles. The van der Waals surface area contributed by atoms with E-state index in [1.807, 2.05) is 24.3 Å². The molecule has 1 saturated heterocycles. The molecule has 21 heavy (non-hydrogen) atoms. The SMILES string of the molecule is C=CCc1cc(Cl)ccc1OCC[NH+]1C[C@@H](C)C[C@H](C)C1. The van der Waals surface area contributed by atoms with Crippen LogP contribution in [0.25, 0.3) is 0 Å². The molecule has 116 valence electrons. The van der Waals surface area contributed by atoms with Crippen molar-refractivity contribution in [2.45, 2.75) is 26.7 Å². The molecule has 0 unspecified atom stereocenters. The van der Waals surface area contributed by atoms with Crippen molar-refractivity contribution in [2.24, 2.45) is 11.8 Å². The molecule has 1 aromatic rings. The van der Waals surface area contributed by atoms with Crippen LogP contribution in [0, 0.1) is 11.8 Å². The van der Waals surface area contributed by atoms with Gasteiger partial charge in [0.25, 0.3) is 0 Å². The second-order valence-electron chi connectivity index (χ2n) is 6.45. The third-order valence-electron chi connectivity index (χ3n) is 4.18. The Morgan fingerprint density at radius 1 is 1.33 bits per heavy atom. The first-order chi connectivity index (χ1) is 10.1. The van der Waals surface area contributed by atoms with Crippen molar-refractivity contribution >= 4 is 11.6 Å². The largest absolute Gasteiger partial charge is 0.487 e. The van der Waals surface area contributed by atoms with Crippen LogP contribution in [0.2, 0.25) is 5.02 Å². The maximum atomic E-state index is 6.05. The molecular weight excluding hydrogens is 282 g/mol. The van der Waals surface area contributed by atoms with E-state index in [0.29, 0.717) is 0 Å². The van der Waals surface area contributed by atoms with E-state index >= 15 is 0 Å². The van der Waals surface area contributed by atoms with Crippen LogP contribution < -0.4 is 9.64 Å². The summed E-state index contributed by atoms with van der Waals surface area (Å²) in [5.74, 6) is 2.60. The molecular formula is C18H27ClNO+. The van der Waals surface area contributed by atoms with E-state index in [-0.39, 0.29) is 0 Å². The van der Waals surface area contributed by atoms with Gasteiger partial charge in [0.2, 0.25) is 0 Å². The number of likely N-dealkylation sites (tertiary alicyclic amines) is 1. The smallest absolute Gasteiger partial charge is 0.137 e. The summed E-state index contributed by atoms with van der Waals surface area (Å²) in [5, 5.41) is 0.753. The first-order valence-corrected chi connectivity index (χ1v) is 8.32. The lowest BCUT2D eigenvalue weighted by atomic mass is 9.92. The molecule has 1 heterocycles. The summed E-state index contributed by atoms with van der Waals surface area (Å²) in [6.07, 6.45) is 4.04. The van der Waals surface area contributed by atoms with Gasteiger partial charge in [-0.1, -0.05) is 31.5 Å². The number of ether oxygens (including phenoxy) is 1. The molecule has 0 amide bonds. The summed E-state index contributed by atoms with van der Waals surface area (Å²) in [6.45, 7) is 12.9. The minimum atomic E-state index is 0.753. The number of nitrogens with one attached hydrogen (secondary N) is 1. The van der Waals surface area contributed by atoms with Gasteiger partial charge >= 0.3 is 0 Å². The molecule has 2 nitrogen and oxygen atoms in total. The Hall–Kier alpha value is -0.990. The van der Waals surface area contributed by atoms with Crippen LogP contribution in [0.3, 0.4) is 0 Å². The summed E-state index contributed by atoms with van der Waals surface area (Å²) >= 11 is 6.05. The number of hydrogen-bond acceptors (Lipinski definition) is 1. The maximum Gasteiger partial charge on any atom is 0.137 e. The van der Waals surface area contributed by atoms with E-state index < -0.39 is 0 Å². The molecule has 0 aromatic heterocycles. The van der Waals surface area contributed by atoms with Gasteiger partial charge in [0.1, 0.15) is 18.9 Å². The van der Waals surface area contributed by atoms with Gasteiger partial charge < -0.3 is 9.64 Å². The zero-order valence-electron chi connectivity index (χ0n) is 13.2. The van der Waals surface area contributed by atoms with Gasteiger partial charge in [0.15, 0.2) is 0 Å². The molecule has 1 aliphatic heterocycles. The van der Waals surface area contributed by atoms with Crippen molar-refractivity contribution in [2.75, 3.05) is 26.2 Å². The zero-order valence-corrected chi connectivity index (χ0v) is 14.0. The van der Waals surface area contributed by atoms with Crippen molar-refractivity contribution in [3.63, 3.8) is 0 Å². The highest BCUT2D eigenvalue weighted by Gasteiger charge is 2.24. The van der Waals surface area contributed by atoms with Gasteiger partial charge in [-0.05, 0) is 36.6 Å². The number of quaternary nitrogens is 1. The quantitative estimate of drug-likeness (QED) is 0.798. The van der Waals surface area contributed by atoms with E-state index in [1.165, 1.54) is 19.5 Å². The third kappa shape index (κ3) is 5.05. The van der Waals surface area contributed by atoms with Gasteiger partial charge in [-0.25, -0.2) is 0 Å². The number of hydrogen-bond donors (Lipinski definition) is 1. The Bertz CT molecular complexity index is 464. The number of halogens is 1. The molecule has 0 radical (unpaired) electrons. The minimum Gasteiger partial charge on any atom is -0.487 e. The van der Waals surface area contributed by atoms with E-state index in [0.717, 1.165) is 47.7 Å². The van der Waals surface area contributed by atoms with E-state index in [1.54, 1.807) is 4.90 Å². The molecule has 2 atom stereocenters. The fourth-order valence-corrected chi connectivity index (χ4v) is 3.63. The van der Waals surface area contributed by atoms with Crippen molar-refractivity contribution in [3.05, 3.63) is 41.4 Å². The monoisotopic (exact) mass is 308 g/mol. The first-order valence-electron chi connectivity index (χ1n) is 7.94. The summed E-state index contributed by atoms with van der Waals surface area (Å²) in [5.41, 5.74) is 1.12. The predicted molar refractivity (Wildman–Crippen MR) is 89.4 cm³/mol. The van der Waals surface area contributed by atoms with Crippen LogP contribution in [-0.2, 0) is 6.42 Å². The van der Waals surface area contributed by atoms with Gasteiger partial charge in [-0.2, -0.15) is 0 Å². The Morgan fingerprint density at radius 2 is 2.05 bits per heavy atom. The molecule has 1 N–H and O–H groups in total. The fraction of sp³-hybridized carbons (Fsp3) is 0.556. The van der Waals surface area contributed by atoms with E-state index in [4.69, 9.17) is 16.3 Å². The number of piperidine rings is 1. The molecule has 0 aliphatic carbocycles. The first kappa shape index (κ1) is 16.4. The highest BCUT2D eigenvalue weighted by atomic mass is 35.5. The van der Waals surface area contributed by atoms with Crippen LogP contribution in [0.1, 0.15) is 25.8 Å². The minimum absolute atomic E-state index is 0.753. The zero-order chi connectivity index (χ0) is 15.2. The van der Waals surface area contributed by atoms with Crippen LogP contribution in [0.15, 0.2) is 30.9 Å². The Balaban J connectivity index is 1.87. The van der Waals surface area contributed by atoms with Crippen LogP contribution in [-0.4, -0.2) is 26.2 Å². The summed E-state index contributed by atoms with van der Waals surface area (Å²) in [4.78, 5) is 1.67. The average Bonchev–Trinajstić information content (AvgIpc) is 2.40. The highest BCUT2D eigenvalue weighted by molar-refractivity contribution is 6.30. The Kier molecular flexibility index (Phi) is 6.13. The molecule has 0 bridgehead atoms. The third-order valence-corrected chi connectivity index (χ3v) is 4.41. The van der Waals surface area contributed by atoms with Gasteiger partial charge in [-0.15, -0.1) is 6.58 Å². The van der Waals surface area contributed by atoms with Crippen LogP contribution in [0.4, 0.5) is 0 Å². The molecule has 1 fully saturated rings. The Morgan fingerprint density at radius 3 is 2.71 bits per heavy atom. The molecule has 0 saturated carbocycles. The van der Waals surface area contributed by atoms with Crippen molar-refractivity contribution < 1.29 is 9.64 Å². The predicted octanol–water partition coefficient (Wildman–Crippen LogP) is 3.01. The van der Waals surface area contributed by atoms with E-state index in [9.17, 15) is 0 Å². The van der Waals surface area contributed by atoms with Crippen molar-refractivity contribution in [3.8, 4) is 5.75 Å². The van der Waals surface area contributed by atoms with E-state index in [2.05, 4.69) is 20.4 Å². The van der Waals surface area contributed by atoms with Gasteiger partial charge in [0, 0.05) is 16.9 Å². The maximum absolute atomic E-state index is 6.05. The lowest BCUT2D eigenvalue weighted by molar-refractivity contribution is -0.912. The molecule has 2 rings (SSSR count). The summed E-state index contributed by atoms with van der Waals surface area (Å²) in [6, 6.07) is 5.83. The van der Waals surface area contributed by atoms with Gasteiger partial charge in [0.05, 0.1) is 13.1 Å². The number of rotatable bonds is 6. The second kappa shape index (κ2) is 7.86. The Labute approximate surface area is 133 Å². The molecule has 3 heteroatoms. The van der Waals surface area contributed by atoms with Crippen LogP contribution in [0.5, 0.6) is 5.75 Å². The topological polar surface area (TPSA) is 13.7 Å². The highest BCUT2D eigenvalue weighted by Crippen LogP contribution is 2.23. The summed E-state index contributed by atoms with van der Waals surface area (Å²) < 4.78 is 5.99.